The van der Waals surface area contributed by atoms with Gasteiger partial charge in [0.05, 0.1) is 11.6 Å². The van der Waals surface area contributed by atoms with Gasteiger partial charge in [-0.05, 0) is 35.9 Å². The molecule has 4 heteroatoms. The van der Waals surface area contributed by atoms with E-state index in [1.165, 1.54) is 11.3 Å². The third-order valence-electron chi connectivity index (χ3n) is 4.03. The van der Waals surface area contributed by atoms with Crippen LogP contribution in [0.2, 0.25) is 5.02 Å². The molecule has 1 heterocycles. The maximum Gasteiger partial charge on any atom is 0.0991 e. The lowest BCUT2D eigenvalue weighted by Crippen LogP contribution is -2.45. The van der Waals surface area contributed by atoms with E-state index in [-0.39, 0.29) is 0 Å². The van der Waals surface area contributed by atoms with Gasteiger partial charge < -0.3 is 4.90 Å². The quantitative estimate of drug-likeness (QED) is 0.868. The number of halogens is 1. The lowest BCUT2D eigenvalue weighted by molar-refractivity contribution is 0.250. The fourth-order valence-corrected chi connectivity index (χ4v) is 2.96. The van der Waals surface area contributed by atoms with Crippen LogP contribution in [0.15, 0.2) is 48.5 Å². The zero-order chi connectivity index (χ0) is 15.4. The molecule has 2 aromatic carbocycles. The van der Waals surface area contributed by atoms with E-state index >= 15 is 0 Å². The Balaban J connectivity index is 1.56. The predicted molar refractivity (Wildman–Crippen MR) is 90.1 cm³/mol. The summed E-state index contributed by atoms with van der Waals surface area (Å²) < 4.78 is 0. The highest BCUT2D eigenvalue weighted by Crippen LogP contribution is 2.21. The monoisotopic (exact) mass is 311 g/mol. The molecule has 112 valence electrons. The smallest absolute Gasteiger partial charge is 0.0991 e. The van der Waals surface area contributed by atoms with E-state index in [1.54, 1.807) is 0 Å². The van der Waals surface area contributed by atoms with Crippen molar-refractivity contribution in [2.24, 2.45) is 0 Å². The normalized spacial score (nSPS) is 15.5. The predicted octanol–water partition coefficient (Wildman–Crippen LogP) is 3.53. The molecular weight excluding hydrogens is 294 g/mol. The van der Waals surface area contributed by atoms with Gasteiger partial charge in [-0.2, -0.15) is 5.26 Å². The van der Waals surface area contributed by atoms with E-state index < -0.39 is 0 Å². The standard InChI is InChI=1S/C18H18ClN3/c19-17-2-1-3-18(12-17)22-10-8-21(9-11-22)14-16-6-4-15(13-20)5-7-16/h1-7,12H,8-11,14H2. The number of rotatable bonds is 3. The molecule has 1 saturated heterocycles. The molecule has 0 spiro atoms. The zero-order valence-electron chi connectivity index (χ0n) is 12.4. The molecule has 3 nitrogen and oxygen atoms in total. The van der Waals surface area contributed by atoms with Crippen LogP contribution in [0.3, 0.4) is 0 Å². The summed E-state index contributed by atoms with van der Waals surface area (Å²) in [5.74, 6) is 0. The average Bonchev–Trinajstić information content (AvgIpc) is 2.56. The lowest BCUT2D eigenvalue weighted by atomic mass is 10.1. The van der Waals surface area contributed by atoms with Gasteiger partial charge in [0.25, 0.3) is 0 Å². The Bertz CT molecular complexity index is 667. The van der Waals surface area contributed by atoms with E-state index in [0.717, 1.165) is 43.3 Å². The topological polar surface area (TPSA) is 30.3 Å². The van der Waals surface area contributed by atoms with Crippen LogP contribution >= 0.6 is 11.6 Å². The molecule has 0 radical (unpaired) electrons. The zero-order valence-corrected chi connectivity index (χ0v) is 13.1. The Kier molecular flexibility index (Phi) is 4.62. The molecule has 1 fully saturated rings. The Morgan fingerprint density at radius 1 is 1.00 bits per heavy atom. The van der Waals surface area contributed by atoms with E-state index in [2.05, 4.69) is 21.9 Å². The Morgan fingerprint density at radius 3 is 2.36 bits per heavy atom. The molecule has 0 N–H and O–H groups in total. The highest BCUT2D eigenvalue weighted by atomic mass is 35.5. The Labute approximate surface area is 136 Å². The van der Waals surface area contributed by atoms with Crippen molar-refractivity contribution in [1.29, 1.82) is 5.26 Å². The van der Waals surface area contributed by atoms with Gasteiger partial charge in [0.15, 0.2) is 0 Å². The summed E-state index contributed by atoms with van der Waals surface area (Å²) in [5, 5.41) is 9.62. The number of nitrogens with zero attached hydrogens (tertiary/aromatic N) is 3. The first-order valence-electron chi connectivity index (χ1n) is 7.46. The summed E-state index contributed by atoms with van der Waals surface area (Å²) in [6, 6.07) is 18.1. The van der Waals surface area contributed by atoms with E-state index in [1.807, 2.05) is 42.5 Å². The van der Waals surface area contributed by atoms with Crippen LogP contribution in [0.1, 0.15) is 11.1 Å². The van der Waals surface area contributed by atoms with E-state index in [9.17, 15) is 0 Å². The van der Waals surface area contributed by atoms with Crippen molar-refractivity contribution in [1.82, 2.24) is 4.90 Å². The molecule has 0 atom stereocenters. The summed E-state index contributed by atoms with van der Waals surface area (Å²) in [7, 11) is 0. The number of hydrogen-bond donors (Lipinski definition) is 0. The Morgan fingerprint density at radius 2 is 1.73 bits per heavy atom. The largest absolute Gasteiger partial charge is 0.369 e. The van der Waals surface area contributed by atoms with Gasteiger partial charge in [-0.3, -0.25) is 4.90 Å². The van der Waals surface area contributed by atoms with Gasteiger partial charge in [-0.1, -0.05) is 29.8 Å². The molecule has 0 amide bonds. The average molecular weight is 312 g/mol. The first-order chi connectivity index (χ1) is 10.7. The number of anilines is 1. The third kappa shape index (κ3) is 3.59. The minimum atomic E-state index is 0.717. The third-order valence-corrected chi connectivity index (χ3v) is 4.27. The molecule has 0 unspecified atom stereocenters. The summed E-state index contributed by atoms with van der Waals surface area (Å²) in [4.78, 5) is 4.82. The van der Waals surface area contributed by atoms with Gasteiger partial charge in [0.1, 0.15) is 0 Å². The van der Waals surface area contributed by atoms with Crippen LogP contribution in [-0.4, -0.2) is 31.1 Å². The number of hydrogen-bond acceptors (Lipinski definition) is 3. The molecule has 2 aromatic rings. The van der Waals surface area contributed by atoms with Crippen molar-refractivity contribution in [2.45, 2.75) is 6.54 Å². The first kappa shape index (κ1) is 14.9. The van der Waals surface area contributed by atoms with Gasteiger partial charge in [-0.25, -0.2) is 0 Å². The van der Waals surface area contributed by atoms with E-state index in [4.69, 9.17) is 16.9 Å². The second-order valence-electron chi connectivity index (χ2n) is 5.55. The minimum Gasteiger partial charge on any atom is -0.369 e. The van der Waals surface area contributed by atoms with Crippen LogP contribution in [-0.2, 0) is 6.54 Å². The molecule has 0 aromatic heterocycles. The van der Waals surface area contributed by atoms with Crippen molar-refractivity contribution in [2.75, 3.05) is 31.1 Å². The molecule has 1 aliphatic rings. The second kappa shape index (κ2) is 6.83. The molecular formula is C18H18ClN3. The van der Waals surface area contributed by atoms with Gasteiger partial charge in [0, 0.05) is 43.4 Å². The molecule has 1 aliphatic heterocycles. The molecule has 22 heavy (non-hydrogen) atoms. The fourth-order valence-electron chi connectivity index (χ4n) is 2.78. The first-order valence-corrected chi connectivity index (χ1v) is 7.84. The molecule has 0 aliphatic carbocycles. The van der Waals surface area contributed by atoms with Crippen molar-refractivity contribution in [3.8, 4) is 6.07 Å². The number of nitriles is 1. The summed E-state index contributed by atoms with van der Waals surface area (Å²) in [6.07, 6.45) is 0. The van der Waals surface area contributed by atoms with Crippen LogP contribution in [0.4, 0.5) is 5.69 Å². The Hall–Kier alpha value is -2.02. The van der Waals surface area contributed by atoms with Gasteiger partial charge >= 0.3 is 0 Å². The number of benzene rings is 2. The maximum absolute atomic E-state index is 8.83. The molecule has 0 bridgehead atoms. The van der Waals surface area contributed by atoms with Gasteiger partial charge in [-0.15, -0.1) is 0 Å². The summed E-state index contributed by atoms with van der Waals surface area (Å²) in [5.41, 5.74) is 3.18. The summed E-state index contributed by atoms with van der Waals surface area (Å²) >= 11 is 6.06. The van der Waals surface area contributed by atoms with Crippen LogP contribution in [0, 0.1) is 11.3 Å². The number of piperazine rings is 1. The van der Waals surface area contributed by atoms with Gasteiger partial charge in [0.2, 0.25) is 0 Å². The van der Waals surface area contributed by atoms with E-state index in [0.29, 0.717) is 0 Å². The van der Waals surface area contributed by atoms with Crippen LogP contribution in [0.25, 0.3) is 0 Å². The van der Waals surface area contributed by atoms with Crippen molar-refractivity contribution in [3.63, 3.8) is 0 Å². The van der Waals surface area contributed by atoms with Crippen molar-refractivity contribution < 1.29 is 0 Å². The van der Waals surface area contributed by atoms with Crippen LogP contribution < -0.4 is 4.90 Å². The highest BCUT2D eigenvalue weighted by Gasteiger charge is 2.17. The highest BCUT2D eigenvalue weighted by molar-refractivity contribution is 6.30. The molecule has 3 rings (SSSR count). The fraction of sp³-hybridized carbons (Fsp3) is 0.278. The molecule has 0 saturated carbocycles. The van der Waals surface area contributed by atoms with Crippen molar-refractivity contribution >= 4 is 17.3 Å². The maximum atomic E-state index is 8.83. The lowest BCUT2D eigenvalue weighted by Gasteiger charge is -2.36. The van der Waals surface area contributed by atoms with Crippen molar-refractivity contribution in [3.05, 3.63) is 64.7 Å². The second-order valence-corrected chi connectivity index (χ2v) is 5.99. The van der Waals surface area contributed by atoms with Crippen LogP contribution in [0.5, 0.6) is 0 Å². The summed E-state index contributed by atoms with van der Waals surface area (Å²) in [6.45, 7) is 5.03. The minimum absolute atomic E-state index is 0.717. The SMILES string of the molecule is N#Cc1ccc(CN2CCN(c3cccc(Cl)c3)CC2)cc1.